The van der Waals surface area contributed by atoms with Crippen molar-refractivity contribution in [2.75, 3.05) is 31.5 Å². The number of H-pyrrole nitrogens is 1. The predicted molar refractivity (Wildman–Crippen MR) is 104 cm³/mol. The Morgan fingerprint density at radius 2 is 2.00 bits per heavy atom. The van der Waals surface area contributed by atoms with Gasteiger partial charge in [-0.25, -0.2) is 14.8 Å². The van der Waals surface area contributed by atoms with Crippen molar-refractivity contribution in [1.29, 1.82) is 0 Å². The van der Waals surface area contributed by atoms with E-state index in [4.69, 9.17) is 10.5 Å². The monoisotopic (exact) mass is 366 g/mol. The second-order valence-corrected chi connectivity index (χ2v) is 6.54. The number of carbonyl (C=O) groups is 1. The van der Waals surface area contributed by atoms with Gasteiger partial charge in [-0.05, 0) is 50.2 Å². The molecule has 1 fully saturated rings. The van der Waals surface area contributed by atoms with Crippen molar-refractivity contribution in [3.05, 3.63) is 36.4 Å². The molecule has 1 amide bonds. The van der Waals surface area contributed by atoms with E-state index in [0.29, 0.717) is 22.8 Å². The summed E-state index contributed by atoms with van der Waals surface area (Å²) in [6.07, 6.45) is 1.72. The molecule has 27 heavy (non-hydrogen) atoms. The molecule has 3 heterocycles. The van der Waals surface area contributed by atoms with Gasteiger partial charge in [-0.2, -0.15) is 0 Å². The first-order valence-corrected chi connectivity index (χ1v) is 9.09. The number of nitrogens with one attached hydrogen (secondary N) is 2. The highest BCUT2D eigenvalue weighted by Crippen LogP contribution is 2.27. The third kappa shape index (κ3) is 4.01. The van der Waals surface area contributed by atoms with Gasteiger partial charge >= 0.3 is 6.09 Å². The predicted octanol–water partition coefficient (Wildman–Crippen LogP) is 2.59. The van der Waals surface area contributed by atoms with Crippen molar-refractivity contribution in [2.24, 2.45) is 5.73 Å². The van der Waals surface area contributed by atoms with Crippen molar-refractivity contribution in [3.63, 3.8) is 0 Å². The Kier molecular flexibility index (Phi) is 4.88. The van der Waals surface area contributed by atoms with Gasteiger partial charge in [-0.1, -0.05) is 12.1 Å². The van der Waals surface area contributed by atoms with Crippen LogP contribution in [0.1, 0.15) is 12.8 Å². The number of hydrogen-bond acceptors (Lipinski definition) is 6. The number of aromatic nitrogens is 3. The number of carbonyl (C=O) groups excluding carboxylic acids is 1. The van der Waals surface area contributed by atoms with Crippen LogP contribution in [-0.2, 0) is 0 Å². The van der Waals surface area contributed by atoms with Gasteiger partial charge < -0.3 is 25.7 Å². The zero-order chi connectivity index (χ0) is 18.6. The SMILES string of the molecule is NC(=O)Oc1cccc2[nH]c(-c3cccc(NCCN4CCCC4)n3)nc12. The fourth-order valence-corrected chi connectivity index (χ4v) is 3.33. The summed E-state index contributed by atoms with van der Waals surface area (Å²) >= 11 is 0. The molecule has 4 rings (SSSR count). The summed E-state index contributed by atoms with van der Waals surface area (Å²) in [5, 5.41) is 3.37. The van der Waals surface area contributed by atoms with Gasteiger partial charge in [0.05, 0.1) is 5.52 Å². The number of nitrogens with zero attached hydrogens (tertiary/aromatic N) is 3. The van der Waals surface area contributed by atoms with Crippen LogP contribution >= 0.6 is 0 Å². The average Bonchev–Trinajstić information content (AvgIpc) is 3.31. The number of nitrogens with two attached hydrogens (primary N) is 1. The molecule has 140 valence electrons. The number of rotatable bonds is 6. The number of fused-ring (bicyclic) bond motifs is 1. The van der Waals surface area contributed by atoms with Crippen molar-refractivity contribution >= 4 is 22.9 Å². The van der Waals surface area contributed by atoms with Gasteiger partial charge in [0.2, 0.25) is 0 Å². The van der Waals surface area contributed by atoms with Crippen molar-refractivity contribution in [2.45, 2.75) is 12.8 Å². The summed E-state index contributed by atoms with van der Waals surface area (Å²) in [7, 11) is 0. The van der Waals surface area contributed by atoms with E-state index in [1.54, 1.807) is 12.1 Å². The topological polar surface area (TPSA) is 109 Å². The molecule has 8 heteroatoms. The van der Waals surface area contributed by atoms with Crippen LogP contribution in [0.2, 0.25) is 0 Å². The number of anilines is 1. The minimum Gasteiger partial charge on any atom is -0.408 e. The number of likely N-dealkylation sites (tertiary alicyclic amines) is 1. The number of pyridine rings is 1. The van der Waals surface area contributed by atoms with Crippen LogP contribution in [0.5, 0.6) is 5.75 Å². The summed E-state index contributed by atoms with van der Waals surface area (Å²) in [5.74, 6) is 1.73. The van der Waals surface area contributed by atoms with Crippen LogP contribution in [0.25, 0.3) is 22.6 Å². The van der Waals surface area contributed by atoms with Gasteiger partial charge in [0.15, 0.2) is 11.6 Å². The van der Waals surface area contributed by atoms with Gasteiger partial charge in [-0.3, -0.25) is 0 Å². The summed E-state index contributed by atoms with van der Waals surface area (Å²) in [5.41, 5.74) is 7.12. The number of para-hydroxylation sites is 1. The van der Waals surface area contributed by atoms with Crippen molar-refractivity contribution < 1.29 is 9.53 Å². The molecule has 8 nitrogen and oxygen atoms in total. The molecular formula is C19H22N6O2. The van der Waals surface area contributed by atoms with E-state index < -0.39 is 6.09 Å². The molecule has 0 unspecified atom stereocenters. The molecule has 2 aromatic heterocycles. The molecule has 0 saturated carbocycles. The zero-order valence-corrected chi connectivity index (χ0v) is 14.9. The van der Waals surface area contributed by atoms with Crippen LogP contribution in [0.15, 0.2) is 36.4 Å². The zero-order valence-electron chi connectivity index (χ0n) is 14.9. The molecule has 1 aliphatic rings. The number of benzene rings is 1. The molecule has 0 spiro atoms. The second-order valence-electron chi connectivity index (χ2n) is 6.54. The van der Waals surface area contributed by atoms with Crippen LogP contribution in [0.4, 0.5) is 10.6 Å². The Balaban J connectivity index is 1.51. The molecule has 1 saturated heterocycles. The van der Waals surface area contributed by atoms with E-state index in [-0.39, 0.29) is 0 Å². The smallest absolute Gasteiger partial charge is 0.408 e. The molecule has 0 atom stereocenters. The normalized spacial score (nSPS) is 14.5. The maximum atomic E-state index is 11.1. The van der Waals surface area contributed by atoms with E-state index in [9.17, 15) is 4.79 Å². The van der Waals surface area contributed by atoms with E-state index >= 15 is 0 Å². The van der Waals surface area contributed by atoms with Crippen LogP contribution in [0, 0.1) is 0 Å². The maximum absolute atomic E-state index is 11.1. The summed E-state index contributed by atoms with van der Waals surface area (Å²) in [6, 6.07) is 11.1. The molecule has 0 bridgehead atoms. The van der Waals surface area contributed by atoms with E-state index in [2.05, 4.69) is 25.2 Å². The summed E-state index contributed by atoms with van der Waals surface area (Å²) in [4.78, 5) is 25.9. The highest BCUT2D eigenvalue weighted by Gasteiger charge is 2.13. The Morgan fingerprint density at radius 3 is 2.81 bits per heavy atom. The number of hydrogen-bond donors (Lipinski definition) is 3. The molecule has 0 aliphatic carbocycles. The lowest BCUT2D eigenvalue weighted by molar-refractivity contribution is 0.211. The van der Waals surface area contributed by atoms with Gasteiger partial charge in [-0.15, -0.1) is 0 Å². The van der Waals surface area contributed by atoms with Crippen molar-refractivity contribution in [3.8, 4) is 17.3 Å². The largest absolute Gasteiger partial charge is 0.410 e. The van der Waals surface area contributed by atoms with Crippen molar-refractivity contribution in [1.82, 2.24) is 19.9 Å². The lowest BCUT2D eigenvalue weighted by Crippen LogP contribution is -2.26. The highest BCUT2D eigenvalue weighted by atomic mass is 16.5. The number of amides is 1. The minimum atomic E-state index is -0.866. The van der Waals surface area contributed by atoms with Gasteiger partial charge in [0, 0.05) is 13.1 Å². The number of imidazole rings is 1. The lowest BCUT2D eigenvalue weighted by atomic mass is 10.3. The van der Waals surface area contributed by atoms with Crippen LogP contribution in [-0.4, -0.2) is 52.1 Å². The third-order valence-electron chi connectivity index (χ3n) is 4.61. The first-order valence-electron chi connectivity index (χ1n) is 9.09. The number of ether oxygens (including phenoxy) is 1. The number of aromatic amines is 1. The van der Waals surface area contributed by atoms with E-state index in [1.807, 2.05) is 24.3 Å². The maximum Gasteiger partial charge on any atom is 0.410 e. The molecule has 1 aromatic carbocycles. The van der Waals surface area contributed by atoms with E-state index in [0.717, 1.165) is 24.4 Å². The fourth-order valence-electron chi connectivity index (χ4n) is 3.33. The Hall–Kier alpha value is -3.13. The van der Waals surface area contributed by atoms with E-state index in [1.165, 1.54) is 25.9 Å². The van der Waals surface area contributed by atoms with Gasteiger partial charge in [0.25, 0.3) is 0 Å². The molecule has 4 N–H and O–H groups in total. The molecule has 1 aliphatic heterocycles. The number of primary amides is 1. The minimum absolute atomic E-state index is 0.322. The molecular weight excluding hydrogens is 344 g/mol. The average molecular weight is 366 g/mol. The highest BCUT2D eigenvalue weighted by molar-refractivity contribution is 5.86. The first-order chi connectivity index (χ1) is 13.2. The summed E-state index contributed by atoms with van der Waals surface area (Å²) in [6.45, 7) is 4.24. The standard InChI is InChI=1S/C19H22N6O2/c20-19(26)27-15-7-3-5-13-17(15)24-18(23-13)14-6-4-8-16(22-14)21-9-12-25-10-1-2-11-25/h3-8H,1-2,9-12H2,(H2,20,26)(H,21,22)(H,23,24). The van der Waals surface area contributed by atoms with Crippen LogP contribution in [0.3, 0.4) is 0 Å². The van der Waals surface area contributed by atoms with Gasteiger partial charge in [0.1, 0.15) is 17.0 Å². The fraction of sp³-hybridized carbons (Fsp3) is 0.316. The lowest BCUT2D eigenvalue weighted by Gasteiger charge is -2.15. The quantitative estimate of drug-likeness (QED) is 0.619. The Labute approximate surface area is 156 Å². The first kappa shape index (κ1) is 17.3. The Bertz CT molecular complexity index is 948. The Morgan fingerprint density at radius 1 is 1.19 bits per heavy atom. The molecule has 0 radical (unpaired) electrons. The second kappa shape index (κ2) is 7.63. The third-order valence-corrected chi connectivity index (χ3v) is 4.61. The molecule has 3 aromatic rings. The summed E-state index contributed by atoms with van der Waals surface area (Å²) < 4.78 is 5.02. The van der Waals surface area contributed by atoms with Crippen LogP contribution < -0.4 is 15.8 Å².